The number of rotatable bonds is 9. The van der Waals surface area contributed by atoms with E-state index in [9.17, 15) is 0 Å². The molecule has 0 bridgehead atoms. The summed E-state index contributed by atoms with van der Waals surface area (Å²) < 4.78 is 45.7. The molecule has 0 aliphatic carbocycles. The Balaban J connectivity index is 0.000000101. The van der Waals surface area contributed by atoms with E-state index in [2.05, 4.69) is 469 Å². The lowest BCUT2D eigenvalue weighted by atomic mass is 9.96. The van der Waals surface area contributed by atoms with Gasteiger partial charge in [-0.15, -0.1) is 0 Å². The highest BCUT2D eigenvalue weighted by atomic mass is 16.4. The predicted molar refractivity (Wildman–Crippen MR) is 559 cm³/mol. The van der Waals surface area contributed by atoms with Crippen molar-refractivity contribution in [2.45, 2.75) is 0 Å². The van der Waals surface area contributed by atoms with E-state index < -0.39 is 0 Å². The van der Waals surface area contributed by atoms with Crippen molar-refractivity contribution in [3.63, 3.8) is 0 Å². The van der Waals surface area contributed by atoms with Crippen LogP contribution in [0.15, 0.2) is 481 Å². The van der Waals surface area contributed by atoms with Crippen LogP contribution in [-0.4, -0.2) is 13.7 Å². The second-order valence-electron chi connectivity index (χ2n) is 35.2. The van der Waals surface area contributed by atoms with Crippen molar-refractivity contribution in [1.82, 2.24) is 13.7 Å². The molecule has 30 aromatic rings. The predicted octanol–water partition coefficient (Wildman–Crippen LogP) is 35.7. The van der Waals surface area contributed by atoms with Crippen LogP contribution in [0, 0.1) is 0 Å². The third-order valence-corrected chi connectivity index (χ3v) is 27.6. The van der Waals surface area contributed by atoms with Crippen LogP contribution in [0.3, 0.4) is 0 Å². The van der Waals surface area contributed by atoms with Crippen molar-refractivity contribution < 1.29 is 26.5 Å². The van der Waals surface area contributed by atoms with Gasteiger partial charge in [0.2, 0.25) is 0 Å². The lowest BCUT2D eigenvalue weighted by Gasteiger charge is -2.08. The van der Waals surface area contributed by atoms with E-state index in [1.807, 2.05) is 0 Å². The summed E-state index contributed by atoms with van der Waals surface area (Å²) in [6.45, 7) is 0. The summed E-state index contributed by atoms with van der Waals surface area (Å²) in [5.41, 5.74) is 34.8. The van der Waals surface area contributed by atoms with E-state index in [0.717, 1.165) is 243 Å². The molecule has 630 valence electrons. The molecule has 0 saturated heterocycles. The summed E-state index contributed by atoms with van der Waals surface area (Å²) in [5, 5.41) is 20.8. The third kappa shape index (κ3) is 12.2. The minimum absolute atomic E-state index is 0.889. The smallest absolute Gasteiger partial charge is 0.161 e. The van der Waals surface area contributed by atoms with Crippen molar-refractivity contribution in [2.24, 2.45) is 0 Å². The van der Waals surface area contributed by atoms with E-state index in [1.165, 1.54) is 37.9 Å². The summed E-state index contributed by atoms with van der Waals surface area (Å²) in [5.74, 6) is 0. The zero-order chi connectivity index (χ0) is 88.5. The molecule has 0 amide bonds. The van der Waals surface area contributed by atoms with E-state index >= 15 is 0 Å². The van der Waals surface area contributed by atoms with Gasteiger partial charge in [-0.1, -0.05) is 291 Å². The van der Waals surface area contributed by atoms with Crippen molar-refractivity contribution in [2.75, 3.05) is 0 Å². The summed E-state index contributed by atoms with van der Waals surface area (Å²) in [6.07, 6.45) is 0. The fourth-order valence-corrected chi connectivity index (χ4v) is 21.2. The highest BCUT2D eigenvalue weighted by Crippen LogP contribution is 2.48. The van der Waals surface area contributed by atoms with Crippen LogP contribution < -0.4 is 0 Å². The monoisotopic (exact) mass is 1730 g/mol. The van der Waals surface area contributed by atoms with Gasteiger partial charge in [0.1, 0.15) is 66.8 Å². The van der Waals surface area contributed by atoms with Crippen LogP contribution >= 0.6 is 0 Å². The van der Waals surface area contributed by atoms with Crippen LogP contribution in [0.4, 0.5) is 0 Å². The maximum absolute atomic E-state index is 6.58. The molecule has 0 unspecified atom stereocenters. The Kier molecular flexibility index (Phi) is 17.0. The second kappa shape index (κ2) is 30.2. The number of nitrogens with zero attached hydrogens (tertiary/aromatic N) is 3. The molecule has 9 heterocycles. The average molecular weight is 1730 g/mol. The molecule has 0 atom stereocenters. The third-order valence-electron chi connectivity index (χ3n) is 27.6. The standard InChI is InChI=1S/3C42H25NO2/c1-2-10-30(11-3-1)43-36-15-7-6-13-33(36)42-40(43)35-25-29(22-24-37(35)44-42)26-17-19-28(20-18-26)31-14-8-16-38-39(31)34-23-21-27-9-4-5-12-32(27)41(34)45-38;1-2-10-32(11-3-1)43-37-13-7-6-12-34(37)42-41(43)35-21-19-31(25-39(35)45-42)27-16-14-26(15-17-27)30-18-20-33-36-22-28-8-4-5-9-29(28)23-40(36)44-38(33)24-30;1-2-9-31(10-3-1)43-36-13-7-6-12-33(36)42-41(43)35-22-19-30(25-39(35)45-42)27-16-14-26(15-17-27)29-18-21-34-38(24-29)44-37-23-20-28-8-4-5-11-32(28)40(34)37/h3*1-25H. The van der Waals surface area contributed by atoms with Gasteiger partial charge in [-0.3, -0.25) is 0 Å². The van der Waals surface area contributed by atoms with Gasteiger partial charge in [-0.2, -0.15) is 0 Å². The van der Waals surface area contributed by atoms with Gasteiger partial charge < -0.3 is 40.2 Å². The average Bonchev–Trinajstić information content (AvgIpc) is 1.56. The number of aromatic nitrogens is 3. The van der Waals surface area contributed by atoms with Gasteiger partial charge in [0.15, 0.2) is 16.7 Å². The van der Waals surface area contributed by atoms with Crippen LogP contribution in [0.25, 0.3) is 281 Å². The highest BCUT2D eigenvalue weighted by molar-refractivity contribution is 6.24. The van der Waals surface area contributed by atoms with Crippen molar-refractivity contribution in [3.8, 4) is 83.8 Å². The molecule has 0 aliphatic heterocycles. The Morgan fingerprint density at radius 3 is 0.993 bits per heavy atom. The molecule has 135 heavy (non-hydrogen) atoms. The molecule has 30 rings (SSSR count). The van der Waals surface area contributed by atoms with Crippen molar-refractivity contribution in [3.05, 3.63) is 455 Å². The minimum atomic E-state index is 0.889. The van der Waals surface area contributed by atoms with Crippen molar-refractivity contribution in [1.29, 1.82) is 0 Å². The highest BCUT2D eigenvalue weighted by Gasteiger charge is 2.26. The number of para-hydroxylation sites is 6. The van der Waals surface area contributed by atoms with Gasteiger partial charge in [-0.25, -0.2) is 0 Å². The van der Waals surface area contributed by atoms with Crippen LogP contribution in [0.5, 0.6) is 0 Å². The zero-order valence-corrected chi connectivity index (χ0v) is 72.6. The first-order chi connectivity index (χ1) is 66.9. The van der Waals surface area contributed by atoms with Crippen LogP contribution in [0.2, 0.25) is 0 Å². The number of fused-ring (bicyclic) bond motifs is 29. The topological polar surface area (TPSA) is 93.6 Å². The zero-order valence-electron chi connectivity index (χ0n) is 72.6. The Morgan fingerprint density at radius 2 is 0.474 bits per heavy atom. The van der Waals surface area contributed by atoms with E-state index in [0.29, 0.717) is 0 Å². The lowest BCUT2D eigenvalue weighted by Crippen LogP contribution is -1.92. The lowest BCUT2D eigenvalue weighted by molar-refractivity contribution is 0.669. The summed E-state index contributed by atoms with van der Waals surface area (Å²) in [4.78, 5) is 0. The van der Waals surface area contributed by atoms with Crippen LogP contribution in [0.1, 0.15) is 0 Å². The Bertz CT molecular complexity index is 10000. The Labute approximate surface area is 770 Å². The number of hydrogen-bond donors (Lipinski definition) is 0. The van der Waals surface area contributed by atoms with Crippen molar-refractivity contribution >= 4 is 197 Å². The molecule has 0 N–H and O–H groups in total. The first-order valence-corrected chi connectivity index (χ1v) is 45.8. The fraction of sp³-hybridized carbons (Fsp3) is 0. The first-order valence-electron chi connectivity index (χ1n) is 45.8. The summed E-state index contributed by atoms with van der Waals surface area (Å²) in [7, 11) is 0. The quantitative estimate of drug-likeness (QED) is 0.143. The number of benzene rings is 21. The first kappa shape index (κ1) is 75.8. The maximum atomic E-state index is 6.58. The molecule has 21 aromatic carbocycles. The normalized spacial score (nSPS) is 12.0. The molecular weight excluding hydrogens is 1650 g/mol. The summed E-state index contributed by atoms with van der Waals surface area (Å²) >= 11 is 0. The SMILES string of the molecule is c1ccc(-n2c3ccccc3c3oc4cc(-c5ccc(-c6ccc7c(c6)oc6cc8ccccc8cc67)cc5)ccc4c32)cc1.c1ccc(-n2c3ccccc3c3oc4cc(-c5ccc(-c6ccc7c(c6)oc6ccc8ccccc8c67)cc5)ccc4c32)cc1.c1ccc(-n2c3ccccc3c3oc4ccc(-c5ccc(-c6cccc7oc8c9ccccc9ccc8c67)cc5)cc4c32)cc1. The molecular formula is C126H75N3O6. The van der Waals surface area contributed by atoms with E-state index in [1.54, 1.807) is 0 Å². The van der Waals surface area contributed by atoms with Gasteiger partial charge in [0.25, 0.3) is 0 Å². The van der Waals surface area contributed by atoms with Gasteiger partial charge in [0.05, 0.1) is 16.6 Å². The molecule has 0 saturated carbocycles. The largest absolute Gasteiger partial charge is 0.456 e. The Morgan fingerprint density at radius 1 is 0.141 bits per heavy atom. The second-order valence-corrected chi connectivity index (χ2v) is 35.2. The van der Waals surface area contributed by atoms with Crippen LogP contribution in [-0.2, 0) is 0 Å². The fourth-order valence-electron chi connectivity index (χ4n) is 21.2. The molecule has 0 fully saturated rings. The van der Waals surface area contributed by atoms with Gasteiger partial charge >= 0.3 is 0 Å². The maximum Gasteiger partial charge on any atom is 0.161 e. The molecule has 9 heteroatoms. The Hall–Kier alpha value is -18.2. The number of furan rings is 6. The molecule has 0 aliphatic rings. The molecule has 9 nitrogen and oxygen atoms in total. The minimum Gasteiger partial charge on any atom is -0.456 e. The molecule has 9 aromatic heterocycles. The van der Waals surface area contributed by atoms with E-state index in [4.69, 9.17) is 26.5 Å². The van der Waals surface area contributed by atoms with Gasteiger partial charge in [-0.05, 0) is 257 Å². The van der Waals surface area contributed by atoms with E-state index in [-0.39, 0.29) is 0 Å². The summed E-state index contributed by atoms with van der Waals surface area (Å²) in [6, 6.07) is 161. The number of hydrogen-bond acceptors (Lipinski definition) is 6. The van der Waals surface area contributed by atoms with Gasteiger partial charge in [0, 0.05) is 87.1 Å². The molecule has 0 radical (unpaired) electrons. The molecule has 0 spiro atoms.